The first kappa shape index (κ1) is 17.9. The van der Waals surface area contributed by atoms with Crippen LogP contribution in [0.5, 0.6) is 0 Å². The van der Waals surface area contributed by atoms with Gasteiger partial charge in [0.25, 0.3) is 0 Å². The smallest absolute Gasteiger partial charge is 0.248 e. The quantitative estimate of drug-likeness (QED) is 0.862. The predicted octanol–water partition coefficient (Wildman–Crippen LogP) is 1.00. The fourth-order valence-corrected chi connectivity index (χ4v) is 5.27. The molecule has 2 saturated heterocycles. The van der Waals surface area contributed by atoms with Crippen LogP contribution in [0, 0.1) is 11.8 Å². The fraction of sp³-hybridized carbons (Fsp3) is 0.556. The molecule has 2 aliphatic heterocycles. The van der Waals surface area contributed by atoms with Crippen LogP contribution in [0.25, 0.3) is 0 Å². The van der Waals surface area contributed by atoms with Gasteiger partial charge in [0.2, 0.25) is 11.8 Å². The van der Waals surface area contributed by atoms with Crippen LogP contribution in [0.4, 0.5) is 0 Å². The summed E-state index contributed by atoms with van der Waals surface area (Å²) < 4.78 is 23.0. The number of nitrogens with two attached hydrogens (primary N) is 1. The average Bonchev–Trinajstić information content (AvgIpc) is 3.03. The van der Waals surface area contributed by atoms with E-state index in [4.69, 9.17) is 5.73 Å². The van der Waals surface area contributed by atoms with Gasteiger partial charge >= 0.3 is 0 Å². The minimum atomic E-state index is -2.94. The molecule has 6 nitrogen and oxygen atoms in total. The second-order valence-corrected chi connectivity index (χ2v) is 9.44. The summed E-state index contributed by atoms with van der Waals surface area (Å²) in [6, 6.07) is 7.32. The molecule has 0 unspecified atom stereocenters. The van der Waals surface area contributed by atoms with Gasteiger partial charge in [-0.05, 0) is 49.3 Å². The lowest BCUT2D eigenvalue weighted by Gasteiger charge is -2.26. The first-order chi connectivity index (χ1) is 11.8. The van der Waals surface area contributed by atoms with Gasteiger partial charge in [0.05, 0.1) is 11.5 Å². The molecule has 0 aliphatic carbocycles. The van der Waals surface area contributed by atoms with Crippen LogP contribution in [0.2, 0.25) is 0 Å². The van der Waals surface area contributed by atoms with Crippen molar-refractivity contribution in [2.75, 3.05) is 24.6 Å². The molecule has 1 aromatic carbocycles. The number of nitrogens with zero attached hydrogens (tertiary/aromatic N) is 1. The number of hydrogen-bond donors (Lipinski definition) is 1. The van der Waals surface area contributed by atoms with E-state index in [-0.39, 0.29) is 23.3 Å². The molecule has 2 heterocycles. The Balaban J connectivity index is 1.56. The largest absolute Gasteiger partial charge is 0.366 e. The molecule has 2 aliphatic rings. The molecule has 2 N–H and O–H groups in total. The Morgan fingerprint density at radius 2 is 1.88 bits per heavy atom. The lowest BCUT2D eigenvalue weighted by molar-refractivity contribution is -0.134. The predicted molar refractivity (Wildman–Crippen MR) is 94.7 cm³/mol. The summed E-state index contributed by atoms with van der Waals surface area (Å²) >= 11 is 0. The SMILES string of the molecule is NC(=O)c1cccc(C[C@H]2CCN(C(=O)C3CCS(=O)(=O)CC3)C2)c1. The zero-order valence-corrected chi connectivity index (χ0v) is 15.0. The number of sulfone groups is 1. The van der Waals surface area contributed by atoms with Crippen LogP contribution in [0.15, 0.2) is 24.3 Å². The molecule has 0 saturated carbocycles. The number of primary amides is 1. The van der Waals surface area contributed by atoms with Crippen molar-refractivity contribution in [3.63, 3.8) is 0 Å². The fourth-order valence-electron chi connectivity index (χ4n) is 3.78. The average molecular weight is 364 g/mol. The van der Waals surface area contributed by atoms with E-state index in [9.17, 15) is 18.0 Å². The van der Waals surface area contributed by atoms with Crippen molar-refractivity contribution in [1.82, 2.24) is 4.90 Å². The normalized spacial score (nSPS) is 23.5. The van der Waals surface area contributed by atoms with Crippen LogP contribution in [0.1, 0.15) is 35.2 Å². The molecular formula is C18H24N2O4S. The molecule has 7 heteroatoms. The molecule has 3 rings (SSSR count). The number of carbonyl (C=O) groups excluding carboxylic acids is 2. The highest BCUT2D eigenvalue weighted by atomic mass is 32.2. The van der Waals surface area contributed by atoms with Gasteiger partial charge in [-0.1, -0.05) is 12.1 Å². The maximum Gasteiger partial charge on any atom is 0.248 e. The zero-order chi connectivity index (χ0) is 18.0. The number of carbonyl (C=O) groups is 2. The first-order valence-corrected chi connectivity index (χ1v) is 10.5. The van der Waals surface area contributed by atoms with Crippen molar-refractivity contribution in [2.24, 2.45) is 17.6 Å². The summed E-state index contributed by atoms with van der Waals surface area (Å²) in [5.41, 5.74) is 6.88. The Hall–Kier alpha value is -1.89. The molecule has 1 atom stereocenters. The second kappa shape index (κ2) is 7.15. The van der Waals surface area contributed by atoms with Crippen molar-refractivity contribution in [1.29, 1.82) is 0 Å². The summed E-state index contributed by atoms with van der Waals surface area (Å²) in [7, 11) is -2.94. The number of benzene rings is 1. The summed E-state index contributed by atoms with van der Waals surface area (Å²) in [6.07, 6.45) is 2.63. The van der Waals surface area contributed by atoms with Gasteiger partial charge in [-0.2, -0.15) is 0 Å². The number of hydrogen-bond acceptors (Lipinski definition) is 4. The monoisotopic (exact) mass is 364 g/mol. The lowest BCUT2D eigenvalue weighted by Crippen LogP contribution is -2.38. The number of rotatable bonds is 4. The Labute approximate surface area is 148 Å². The number of likely N-dealkylation sites (tertiary alicyclic amines) is 1. The maximum atomic E-state index is 12.6. The van der Waals surface area contributed by atoms with Crippen molar-refractivity contribution < 1.29 is 18.0 Å². The molecule has 0 bridgehead atoms. The molecular weight excluding hydrogens is 340 g/mol. The Morgan fingerprint density at radius 1 is 1.16 bits per heavy atom. The lowest BCUT2D eigenvalue weighted by atomic mass is 9.97. The summed E-state index contributed by atoms with van der Waals surface area (Å²) in [6.45, 7) is 1.42. The second-order valence-electron chi connectivity index (χ2n) is 7.13. The van der Waals surface area contributed by atoms with Gasteiger partial charge in [-0.3, -0.25) is 9.59 Å². The minimum absolute atomic E-state index is 0.100. The molecule has 0 aromatic heterocycles. The summed E-state index contributed by atoms with van der Waals surface area (Å²) in [4.78, 5) is 25.8. The van der Waals surface area contributed by atoms with Crippen molar-refractivity contribution >= 4 is 21.7 Å². The van der Waals surface area contributed by atoms with E-state index < -0.39 is 15.7 Å². The highest BCUT2D eigenvalue weighted by Gasteiger charge is 2.34. The van der Waals surface area contributed by atoms with E-state index in [1.54, 1.807) is 6.07 Å². The van der Waals surface area contributed by atoms with Gasteiger partial charge in [-0.25, -0.2) is 8.42 Å². The third-order valence-corrected chi connectivity index (χ3v) is 6.95. The highest BCUT2D eigenvalue weighted by Crippen LogP contribution is 2.26. The van der Waals surface area contributed by atoms with E-state index in [1.807, 2.05) is 23.1 Å². The molecule has 0 radical (unpaired) electrons. The third-order valence-electron chi connectivity index (χ3n) is 5.24. The van der Waals surface area contributed by atoms with Crippen LogP contribution in [-0.4, -0.2) is 49.7 Å². The topological polar surface area (TPSA) is 97.5 Å². The van der Waals surface area contributed by atoms with Crippen LogP contribution >= 0.6 is 0 Å². The summed E-state index contributed by atoms with van der Waals surface area (Å²) in [5.74, 6) is 0.127. The van der Waals surface area contributed by atoms with Gasteiger partial charge < -0.3 is 10.6 Å². The molecule has 1 aromatic rings. The molecule has 0 spiro atoms. The zero-order valence-electron chi connectivity index (χ0n) is 14.2. The first-order valence-electron chi connectivity index (χ1n) is 8.72. The molecule has 25 heavy (non-hydrogen) atoms. The Morgan fingerprint density at radius 3 is 2.56 bits per heavy atom. The van der Waals surface area contributed by atoms with Crippen molar-refractivity contribution in [3.8, 4) is 0 Å². The van der Waals surface area contributed by atoms with Crippen molar-refractivity contribution in [3.05, 3.63) is 35.4 Å². The molecule has 2 fully saturated rings. The van der Waals surface area contributed by atoms with E-state index in [2.05, 4.69) is 0 Å². The molecule has 136 valence electrons. The van der Waals surface area contributed by atoms with Crippen molar-refractivity contribution in [2.45, 2.75) is 25.7 Å². The van der Waals surface area contributed by atoms with Gasteiger partial charge in [0.1, 0.15) is 9.84 Å². The minimum Gasteiger partial charge on any atom is -0.366 e. The van der Waals surface area contributed by atoms with E-state index in [0.29, 0.717) is 30.9 Å². The third kappa shape index (κ3) is 4.39. The van der Waals surface area contributed by atoms with Crippen LogP contribution in [0.3, 0.4) is 0 Å². The standard InChI is InChI=1S/C18H24N2O4S/c19-17(21)16-3-1-2-13(11-16)10-14-4-7-20(12-14)18(22)15-5-8-25(23,24)9-6-15/h1-3,11,14-15H,4-10,12H2,(H2,19,21)/t14-/m1/s1. The Kier molecular flexibility index (Phi) is 5.13. The maximum absolute atomic E-state index is 12.6. The summed E-state index contributed by atoms with van der Waals surface area (Å²) in [5, 5.41) is 0. The van der Waals surface area contributed by atoms with Gasteiger partial charge in [-0.15, -0.1) is 0 Å². The Bertz CT molecular complexity index is 761. The highest BCUT2D eigenvalue weighted by molar-refractivity contribution is 7.91. The van der Waals surface area contributed by atoms with Gasteiger partial charge in [0.15, 0.2) is 0 Å². The van der Waals surface area contributed by atoms with E-state index in [1.165, 1.54) is 0 Å². The van der Waals surface area contributed by atoms with Crippen LogP contribution < -0.4 is 5.73 Å². The van der Waals surface area contributed by atoms with E-state index >= 15 is 0 Å². The van der Waals surface area contributed by atoms with E-state index in [0.717, 1.165) is 24.9 Å². The van der Waals surface area contributed by atoms with Crippen LogP contribution in [-0.2, 0) is 21.1 Å². The van der Waals surface area contributed by atoms with Gasteiger partial charge in [0, 0.05) is 24.6 Å². The molecule has 2 amide bonds. The number of amides is 2.